The zero-order valence-electron chi connectivity index (χ0n) is 14.9. The van der Waals surface area contributed by atoms with Crippen LogP contribution in [0.25, 0.3) is 16.8 Å². The first-order valence-corrected chi connectivity index (χ1v) is 8.52. The highest BCUT2D eigenvalue weighted by Crippen LogP contribution is 2.24. The summed E-state index contributed by atoms with van der Waals surface area (Å²) in [5, 5.41) is 15.0. The van der Waals surface area contributed by atoms with E-state index in [-0.39, 0.29) is 18.3 Å². The molecule has 2 N–H and O–H groups in total. The largest absolute Gasteiger partial charge is 0.497 e. The van der Waals surface area contributed by atoms with Crippen molar-refractivity contribution in [3.63, 3.8) is 0 Å². The van der Waals surface area contributed by atoms with Crippen LogP contribution < -0.4 is 10.1 Å². The third-order valence-electron chi connectivity index (χ3n) is 4.20. The number of amides is 1. The molecule has 0 aliphatic heterocycles. The summed E-state index contributed by atoms with van der Waals surface area (Å²) in [6.07, 6.45) is 1.99. The maximum atomic E-state index is 13.1. The van der Waals surface area contributed by atoms with Crippen LogP contribution in [0, 0.1) is 5.82 Å². The lowest BCUT2D eigenvalue weighted by Gasteiger charge is -2.13. The van der Waals surface area contributed by atoms with Gasteiger partial charge in [0.25, 0.3) is 0 Å². The highest BCUT2D eigenvalue weighted by molar-refractivity contribution is 5.91. The van der Waals surface area contributed by atoms with Crippen molar-refractivity contribution < 1.29 is 19.0 Å². The van der Waals surface area contributed by atoms with Gasteiger partial charge in [-0.15, -0.1) is 0 Å². The quantitative estimate of drug-likeness (QED) is 0.653. The lowest BCUT2D eigenvalue weighted by molar-refractivity contribution is -0.116. The second-order valence-electron chi connectivity index (χ2n) is 6.12. The predicted molar refractivity (Wildman–Crippen MR) is 104 cm³/mol. The van der Waals surface area contributed by atoms with E-state index in [0.29, 0.717) is 11.1 Å². The molecule has 0 heterocycles. The average Bonchev–Trinajstić information content (AvgIpc) is 2.69. The van der Waals surface area contributed by atoms with Gasteiger partial charge in [0.2, 0.25) is 5.91 Å². The standard InChI is InChI=1S/C22H20FNO3/c1-27-20-9-8-16-6-7-17(12-18(16)13-20)21(25)14-24-22(26)10-5-15-3-2-4-19(23)11-15/h2-13,21,25H,14H2,1H3,(H,24,26). The summed E-state index contributed by atoms with van der Waals surface area (Å²) < 4.78 is 18.3. The summed E-state index contributed by atoms with van der Waals surface area (Å²) in [4.78, 5) is 11.9. The SMILES string of the molecule is COc1ccc2ccc(C(O)CNC(=O)C=Cc3cccc(F)c3)cc2c1. The number of fused-ring (bicyclic) bond motifs is 1. The van der Waals surface area contributed by atoms with E-state index >= 15 is 0 Å². The normalized spacial score (nSPS) is 12.3. The van der Waals surface area contributed by atoms with Crippen molar-refractivity contribution in [1.82, 2.24) is 5.32 Å². The van der Waals surface area contributed by atoms with Gasteiger partial charge < -0.3 is 15.2 Å². The Bertz CT molecular complexity index is 984. The molecule has 138 valence electrons. The van der Waals surface area contributed by atoms with E-state index in [4.69, 9.17) is 4.74 Å². The minimum absolute atomic E-state index is 0.0712. The van der Waals surface area contributed by atoms with Crippen molar-refractivity contribution >= 4 is 22.8 Å². The molecule has 0 aliphatic rings. The molecule has 27 heavy (non-hydrogen) atoms. The molecule has 3 aromatic carbocycles. The van der Waals surface area contributed by atoms with Crippen LogP contribution in [0.1, 0.15) is 17.2 Å². The number of ether oxygens (including phenoxy) is 1. The molecule has 0 spiro atoms. The molecule has 5 heteroatoms. The molecule has 0 saturated carbocycles. The van der Waals surface area contributed by atoms with Gasteiger partial charge in [-0.1, -0.05) is 30.3 Å². The third kappa shape index (κ3) is 4.92. The number of aliphatic hydroxyl groups excluding tert-OH is 1. The van der Waals surface area contributed by atoms with E-state index in [1.54, 1.807) is 19.2 Å². The Balaban J connectivity index is 1.62. The first-order chi connectivity index (χ1) is 13.0. The van der Waals surface area contributed by atoms with Crippen LogP contribution in [0.15, 0.2) is 66.7 Å². The predicted octanol–water partition coefficient (Wildman–Crippen LogP) is 3.85. The van der Waals surface area contributed by atoms with Crippen molar-refractivity contribution in [1.29, 1.82) is 0 Å². The molecule has 4 nitrogen and oxygen atoms in total. The summed E-state index contributed by atoms with van der Waals surface area (Å²) >= 11 is 0. The zero-order chi connectivity index (χ0) is 19.2. The van der Waals surface area contributed by atoms with Crippen molar-refractivity contribution in [3.8, 4) is 5.75 Å². The van der Waals surface area contributed by atoms with Gasteiger partial charge in [0.05, 0.1) is 13.2 Å². The van der Waals surface area contributed by atoms with Gasteiger partial charge in [-0.25, -0.2) is 4.39 Å². The fraction of sp³-hybridized carbons (Fsp3) is 0.136. The number of rotatable bonds is 6. The number of hydrogen-bond donors (Lipinski definition) is 2. The van der Waals surface area contributed by atoms with E-state index in [9.17, 15) is 14.3 Å². The number of nitrogens with one attached hydrogen (secondary N) is 1. The molecule has 0 fully saturated rings. The molecule has 1 unspecified atom stereocenters. The Morgan fingerprint density at radius 2 is 1.96 bits per heavy atom. The average molecular weight is 365 g/mol. The first kappa shape index (κ1) is 18.6. The molecule has 0 aliphatic carbocycles. The van der Waals surface area contributed by atoms with E-state index in [2.05, 4.69) is 5.32 Å². The highest BCUT2D eigenvalue weighted by Gasteiger charge is 2.09. The molecule has 1 amide bonds. The van der Waals surface area contributed by atoms with Gasteiger partial charge in [-0.3, -0.25) is 4.79 Å². The summed E-state index contributed by atoms with van der Waals surface area (Å²) in [5.74, 6) is 0.0200. The molecule has 0 saturated heterocycles. The Kier molecular flexibility index (Phi) is 5.84. The number of aliphatic hydroxyl groups is 1. The van der Waals surface area contributed by atoms with Gasteiger partial charge >= 0.3 is 0 Å². The van der Waals surface area contributed by atoms with Crippen LogP contribution in [-0.4, -0.2) is 24.7 Å². The van der Waals surface area contributed by atoms with Crippen molar-refractivity contribution in [3.05, 3.63) is 83.7 Å². The van der Waals surface area contributed by atoms with Crippen LogP contribution in [0.5, 0.6) is 5.75 Å². The van der Waals surface area contributed by atoms with Crippen LogP contribution in [0.4, 0.5) is 4.39 Å². The Labute approximate surface area is 156 Å². The van der Waals surface area contributed by atoms with Crippen LogP contribution in [0.3, 0.4) is 0 Å². The fourth-order valence-corrected chi connectivity index (χ4v) is 2.73. The lowest BCUT2D eigenvalue weighted by Crippen LogP contribution is -2.26. The van der Waals surface area contributed by atoms with Gasteiger partial charge in [0, 0.05) is 12.6 Å². The molecular formula is C22H20FNO3. The van der Waals surface area contributed by atoms with Gasteiger partial charge in [-0.05, 0) is 58.3 Å². The monoisotopic (exact) mass is 365 g/mol. The molecule has 0 aromatic heterocycles. The Morgan fingerprint density at radius 3 is 2.74 bits per heavy atom. The summed E-state index contributed by atoms with van der Waals surface area (Å²) in [5.41, 5.74) is 1.29. The molecule has 3 aromatic rings. The van der Waals surface area contributed by atoms with E-state index in [1.165, 1.54) is 24.3 Å². The summed E-state index contributed by atoms with van der Waals surface area (Å²) in [7, 11) is 1.60. The molecule has 3 rings (SSSR count). The minimum atomic E-state index is -0.841. The Hall–Kier alpha value is -3.18. The number of carbonyl (C=O) groups is 1. The molecule has 0 bridgehead atoms. The third-order valence-corrected chi connectivity index (χ3v) is 4.20. The second-order valence-corrected chi connectivity index (χ2v) is 6.12. The lowest BCUT2D eigenvalue weighted by atomic mass is 10.0. The molecular weight excluding hydrogens is 345 g/mol. The van der Waals surface area contributed by atoms with Crippen LogP contribution in [0.2, 0.25) is 0 Å². The number of halogens is 1. The van der Waals surface area contributed by atoms with E-state index in [1.807, 2.05) is 36.4 Å². The van der Waals surface area contributed by atoms with Crippen molar-refractivity contribution in [2.24, 2.45) is 0 Å². The number of hydrogen-bond acceptors (Lipinski definition) is 3. The summed E-state index contributed by atoms with van der Waals surface area (Å²) in [6, 6.07) is 17.3. The fourth-order valence-electron chi connectivity index (χ4n) is 2.73. The number of carbonyl (C=O) groups excluding carboxylic acids is 1. The van der Waals surface area contributed by atoms with Gasteiger partial charge in [0.15, 0.2) is 0 Å². The summed E-state index contributed by atoms with van der Waals surface area (Å²) in [6.45, 7) is 0.0712. The maximum Gasteiger partial charge on any atom is 0.244 e. The topological polar surface area (TPSA) is 58.6 Å². The Morgan fingerprint density at radius 1 is 1.15 bits per heavy atom. The van der Waals surface area contributed by atoms with Gasteiger partial charge in [0.1, 0.15) is 11.6 Å². The second kappa shape index (κ2) is 8.47. The van der Waals surface area contributed by atoms with Gasteiger partial charge in [-0.2, -0.15) is 0 Å². The van der Waals surface area contributed by atoms with Crippen LogP contribution >= 0.6 is 0 Å². The molecule has 0 radical (unpaired) electrons. The highest BCUT2D eigenvalue weighted by atomic mass is 19.1. The van der Waals surface area contributed by atoms with E-state index in [0.717, 1.165) is 16.5 Å². The minimum Gasteiger partial charge on any atom is -0.497 e. The van der Waals surface area contributed by atoms with Crippen LogP contribution in [-0.2, 0) is 4.79 Å². The smallest absolute Gasteiger partial charge is 0.244 e. The number of methoxy groups -OCH3 is 1. The first-order valence-electron chi connectivity index (χ1n) is 8.52. The van der Waals surface area contributed by atoms with Crippen molar-refractivity contribution in [2.75, 3.05) is 13.7 Å². The van der Waals surface area contributed by atoms with E-state index < -0.39 is 6.10 Å². The molecule has 1 atom stereocenters. The maximum absolute atomic E-state index is 13.1. The number of benzene rings is 3. The zero-order valence-corrected chi connectivity index (χ0v) is 14.9. The van der Waals surface area contributed by atoms with Crippen molar-refractivity contribution in [2.45, 2.75) is 6.10 Å².